The zero-order chi connectivity index (χ0) is 13.8. The smallest absolute Gasteiger partial charge is 0.333 e. The Morgan fingerprint density at radius 2 is 2.22 bits per heavy atom. The number of carbonyl (C=O) groups is 2. The molecule has 1 aliphatic rings. The van der Waals surface area contributed by atoms with E-state index in [2.05, 4.69) is 5.32 Å². The van der Waals surface area contributed by atoms with E-state index in [4.69, 9.17) is 9.84 Å². The Bertz CT molecular complexity index is 312. The van der Waals surface area contributed by atoms with Crippen LogP contribution < -0.4 is 5.32 Å². The molecule has 1 aliphatic heterocycles. The summed E-state index contributed by atoms with van der Waals surface area (Å²) < 4.78 is 5.20. The molecule has 0 spiro atoms. The number of rotatable bonds is 4. The van der Waals surface area contributed by atoms with E-state index in [1.807, 2.05) is 0 Å². The molecule has 1 fully saturated rings. The van der Waals surface area contributed by atoms with Crippen molar-refractivity contribution >= 4 is 11.9 Å². The number of aliphatic hydroxyl groups is 1. The zero-order valence-electron chi connectivity index (χ0n) is 11.2. The SMILES string of the molecule is CC(C)(C)OC(=O)C1NCCN(CCCO)C1=O. The quantitative estimate of drug-likeness (QED) is 0.525. The van der Waals surface area contributed by atoms with Gasteiger partial charge < -0.3 is 14.7 Å². The predicted octanol–water partition coefficient (Wildman–Crippen LogP) is -0.489. The third-order valence-electron chi connectivity index (χ3n) is 2.52. The zero-order valence-corrected chi connectivity index (χ0v) is 11.2. The van der Waals surface area contributed by atoms with E-state index >= 15 is 0 Å². The second-order valence-electron chi connectivity index (χ2n) is 5.32. The maximum absolute atomic E-state index is 12.0. The van der Waals surface area contributed by atoms with Crippen molar-refractivity contribution in [2.45, 2.75) is 38.8 Å². The molecule has 0 aromatic heterocycles. The maximum Gasteiger partial charge on any atom is 0.333 e. The van der Waals surface area contributed by atoms with E-state index < -0.39 is 17.6 Å². The monoisotopic (exact) mass is 258 g/mol. The molecule has 0 radical (unpaired) electrons. The molecule has 0 aromatic carbocycles. The van der Waals surface area contributed by atoms with Gasteiger partial charge in [-0.2, -0.15) is 0 Å². The van der Waals surface area contributed by atoms with Gasteiger partial charge in [-0.1, -0.05) is 0 Å². The van der Waals surface area contributed by atoms with Crippen LogP contribution in [0.4, 0.5) is 0 Å². The van der Waals surface area contributed by atoms with Gasteiger partial charge in [0.15, 0.2) is 6.04 Å². The molecular formula is C12H22N2O4. The highest BCUT2D eigenvalue weighted by Gasteiger charge is 2.36. The van der Waals surface area contributed by atoms with Crippen LogP contribution in [0.2, 0.25) is 0 Å². The number of hydrogen-bond acceptors (Lipinski definition) is 5. The minimum atomic E-state index is -0.920. The lowest BCUT2D eigenvalue weighted by molar-refractivity contribution is -0.163. The topological polar surface area (TPSA) is 78.9 Å². The van der Waals surface area contributed by atoms with Gasteiger partial charge >= 0.3 is 5.97 Å². The lowest BCUT2D eigenvalue weighted by Gasteiger charge is -2.33. The number of nitrogens with zero attached hydrogens (tertiary/aromatic N) is 1. The van der Waals surface area contributed by atoms with Gasteiger partial charge in [-0.25, -0.2) is 4.79 Å². The summed E-state index contributed by atoms with van der Waals surface area (Å²) in [5.41, 5.74) is -0.605. The molecule has 18 heavy (non-hydrogen) atoms. The van der Waals surface area contributed by atoms with Crippen LogP contribution in [-0.4, -0.2) is 59.8 Å². The first-order chi connectivity index (χ1) is 8.35. The molecule has 1 rings (SSSR count). The van der Waals surface area contributed by atoms with E-state index in [-0.39, 0.29) is 12.5 Å². The Morgan fingerprint density at radius 3 is 2.78 bits per heavy atom. The molecular weight excluding hydrogens is 236 g/mol. The Labute approximate surface area is 107 Å². The van der Waals surface area contributed by atoms with E-state index in [1.54, 1.807) is 25.7 Å². The molecule has 1 unspecified atom stereocenters. The van der Waals surface area contributed by atoms with E-state index in [0.717, 1.165) is 0 Å². The lowest BCUT2D eigenvalue weighted by atomic mass is 10.1. The summed E-state index contributed by atoms with van der Waals surface area (Å²) in [7, 11) is 0. The molecule has 1 amide bonds. The van der Waals surface area contributed by atoms with Gasteiger partial charge in [0.2, 0.25) is 0 Å². The highest BCUT2D eigenvalue weighted by molar-refractivity contribution is 6.02. The summed E-state index contributed by atoms with van der Waals surface area (Å²) in [6, 6.07) is -0.920. The van der Waals surface area contributed by atoms with Crippen LogP contribution in [0.1, 0.15) is 27.2 Å². The highest BCUT2D eigenvalue weighted by Crippen LogP contribution is 2.11. The average molecular weight is 258 g/mol. The summed E-state index contributed by atoms with van der Waals surface area (Å²) in [6.07, 6.45) is 0.521. The molecule has 2 N–H and O–H groups in total. The molecule has 1 atom stereocenters. The first-order valence-corrected chi connectivity index (χ1v) is 6.21. The van der Waals surface area contributed by atoms with Crippen molar-refractivity contribution in [2.24, 2.45) is 0 Å². The summed E-state index contributed by atoms with van der Waals surface area (Å²) in [6.45, 7) is 6.91. The molecule has 0 aromatic rings. The van der Waals surface area contributed by atoms with Gasteiger partial charge in [0.05, 0.1) is 0 Å². The Balaban J connectivity index is 2.60. The fraction of sp³-hybridized carbons (Fsp3) is 0.833. The van der Waals surface area contributed by atoms with Gasteiger partial charge in [0.25, 0.3) is 5.91 Å². The Kier molecular flexibility index (Phi) is 5.10. The van der Waals surface area contributed by atoms with E-state index in [9.17, 15) is 9.59 Å². The number of amides is 1. The van der Waals surface area contributed by atoms with Crippen LogP contribution >= 0.6 is 0 Å². The van der Waals surface area contributed by atoms with Crippen molar-refractivity contribution in [3.05, 3.63) is 0 Å². The highest BCUT2D eigenvalue weighted by atomic mass is 16.6. The Hall–Kier alpha value is -1.14. The lowest BCUT2D eigenvalue weighted by Crippen LogP contribution is -2.59. The summed E-state index contributed by atoms with van der Waals surface area (Å²) in [4.78, 5) is 25.5. The molecule has 6 heteroatoms. The Morgan fingerprint density at radius 1 is 1.56 bits per heavy atom. The van der Waals surface area contributed by atoms with Gasteiger partial charge in [0.1, 0.15) is 5.60 Å². The standard InChI is InChI=1S/C12H22N2O4/c1-12(2,3)18-11(17)9-10(16)14(6-4-8-15)7-5-13-9/h9,13,15H,4-8H2,1-3H3. The number of piperazine rings is 1. The van der Waals surface area contributed by atoms with Crippen molar-refractivity contribution in [3.63, 3.8) is 0 Å². The van der Waals surface area contributed by atoms with Gasteiger partial charge in [-0.05, 0) is 27.2 Å². The summed E-state index contributed by atoms with van der Waals surface area (Å²) in [5, 5.41) is 11.6. The van der Waals surface area contributed by atoms with Crippen molar-refractivity contribution < 1.29 is 19.4 Å². The average Bonchev–Trinajstić information content (AvgIpc) is 2.25. The molecule has 1 heterocycles. The van der Waals surface area contributed by atoms with Crippen LogP contribution in [0.3, 0.4) is 0 Å². The number of hydrogen-bond donors (Lipinski definition) is 2. The number of carbonyl (C=O) groups excluding carboxylic acids is 2. The third kappa shape index (κ3) is 4.27. The van der Waals surface area contributed by atoms with Crippen molar-refractivity contribution in [1.82, 2.24) is 10.2 Å². The third-order valence-corrected chi connectivity index (χ3v) is 2.52. The first kappa shape index (κ1) is 14.9. The number of aliphatic hydroxyl groups excluding tert-OH is 1. The normalized spacial score (nSPS) is 21.0. The second-order valence-corrected chi connectivity index (χ2v) is 5.32. The minimum Gasteiger partial charge on any atom is -0.458 e. The molecule has 0 bridgehead atoms. The summed E-state index contributed by atoms with van der Waals surface area (Å²) >= 11 is 0. The first-order valence-electron chi connectivity index (χ1n) is 6.21. The van der Waals surface area contributed by atoms with Crippen molar-refractivity contribution in [1.29, 1.82) is 0 Å². The van der Waals surface area contributed by atoms with Crippen molar-refractivity contribution in [2.75, 3.05) is 26.2 Å². The number of ether oxygens (including phenoxy) is 1. The molecule has 104 valence electrons. The maximum atomic E-state index is 12.0. The van der Waals surface area contributed by atoms with Gasteiger partial charge in [-0.3, -0.25) is 10.1 Å². The second kappa shape index (κ2) is 6.15. The van der Waals surface area contributed by atoms with Crippen LogP contribution in [0.5, 0.6) is 0 Å². The molecule has 6 nitrogen and oxygen atoms in total. The van der Waals surface area contributed by atoms with E-state index in [0.29, 0.717) is 26.1 Å². The fourth-order valence-electron chi connectivity index (χ4n) is 1.75. The van der Waals surface area contributed by atoms with Crippen LogP contribution in [0.25, 0.3) is 0 Å². The fourth-order valence-corrected chi connectivity index (χ4v) is 1.75. The van der Waals surface area contributed by atoms with Crippen LogP contribution in [-0.2, 0) is 14.3 Å². The van der Waals surface area contributed by atoms with Crippen LogP contribution in [0.15, 0.2) is 0 Å². The molecule has 0 aliphatic carbocycles. The minimum absolute atomic E-state index is 0.0360. The van der Waals surface area contributed by atoms with Crippen LogP contribution in [0, 0.1) is 0 Å². The molecule has 1 saturated heterocycles. The summed E-state index contributed by atoms with van der Waals surface area (Å²) in [5.74, 6) is -0.815. The van der Waals surface area contributed by atoms with E-state index in [1.165, 1.54) is 0 Å². The predicted molar refractivity (Wildman–Crippen MR) is 65.9 cm³/mol. The van der Waals surface area contributed by atoms with Gasteiger partial charge in [0, 0.05) is 26.2 Å². The molecule has 0 saturated carbocycles. The largest absolute Gasteiger partial charge is 0.458 e. The number of esters is 1. The van der Waals surface area contributed by atoms with Crippen molar-refractivity contribution in [3.8, 4) is 0 Å². The number of nitrogens with one attached hydrogen (secondary N) is 1. The van der Waals surface area contributed by atoms with Gasteiger partial charge in [-0.15, -0.1) is 0 Å².